The van der Waals surface area contributed by atoms with Crippen molar-refractivity contribution in [1.82, 2.24) is 0 Å². The van der Waals surface area contributed by atoms with Crippen molar-refractivity contribution in [3.63, 3.8) is 0 Å². The molecule has 0 aliphatic rings. The maximum absolute atomic E-state index is 11.3. The van der Waals surface area contributed by atoms with Crippen LogP contribution >= 0.6 is 11.3 Å². The maximum Gasteiger partial charge on any atom is 0.339 e. The number of para-hydroxylation sites is 3. The monoisotopic (exact) mass is 417 g/mol. The van der Waals surface area contributed by atoms with Crippen LogP contribution in [0.1, 0.15) is 0 Å². The van der Waals surface area contributed by atoms with Gasteiger partial charge < -0.3 is 5.32 Å². The molecule has 150 valence electrons. The molecule has 1 heterocycles. The minimum absolute atomic E-state index is 0.0822. The van der Waals surface area contributed by atoms with Crippen LogP contribution in [-0.4, -0.2) is 11.5 Å². The number of hydrogen-bond acceptors (Lipinski definition) is 5. The highest BCUT2D eigenvalue weighted by atomic mass is 32.1. The molecule has 0 spiro atoms. The summed E-state index contributed by atoms with van der Waals surface area (Å²) in [5.74, 6) is 0. The lowest BCUT2D eigenvalue weighted by Gasteiger charge is -2.09. The number of nitro groups is 1. The molecule has 0 amide bonds. The first-order valence-electron chi connectivity index (χ1n) is 9.58. The van der Waals surface area contributed by atoms with Crippen LogP contribution < -0.4 is 15.2 Å². The topological polar surface area (TPSA) is 71.1 Å². The second-order valence-electron chi connectivity index (χ2n) is 6.64. The van der Waals surface area contributed by atoms with Crippen LogP contribution in [0.25, 0.3) is 11.3 Å². The van der Waals surface area contributed by atoms with E-state index in [4.69, 9.17) is 0 Å². The molecule has 0 aliphatic carbocycles. The van der Waals surface area contributed by atoms with Gasteiger partial charge in [-0.3, -0.25) is 10.1 Å². The fourth-order valence-corrected chi connectivity index (χ4v) is 4.21. The molecule has 0 fully saturated rings. The normalized spacial score (nSPS) is 10.5. The highest BCUT2D eigenvalue weighted by Crippen LogP contribution is 2.26. The largest absolute Gasteiger partial charge is 0.376 e. The Kier molecular flexibility index (Phi) is 6.01. The molecule has 3 aromatic carbocycles. The predicted molar refractivity (Wildman–Crippen MR) is 121 cm³/mol. The third-order valence-corrected chi connectivity index (χ3v) is 5.55. The van der Waals surface area contributed by atoms with Gasteiger partial charge in [0.25, 0.3) is 5.69 Å². The predicted octanol–water partition coefficient (Wildman–Crippen LogP) is 5.47. The zero-order valence-corrected chi connectivity index (χ0v) is 17.0. The smallest absolute Gasteiger partial charge is 0.339 e. The van der Waals surface area contributed by atoms with Crippen LogP contribution in [0.3, 0.4) is 0 Å². The van der Waals surface area contributed by atoms with E-state index in [0.29, 0.717) is 18.8 Å². The molecule has 0 unspecified atom stereocenters. The number of rotatable bonds is 8. The molecule has 0 radical (unpaired) electrons. The maximum atomic E-state index is 11.3. The second-order valence-corrected chi connectivity index (χ2v) is 7.49. The van der Waals surface area contributed by atoms with Gasteiger partial charge in [0.1, 0.15) is 23.6 Å². The standard InChI is InChI=1S/C23H20N4O2S/c28-27(29)21-14-8-7-13-20(21)24-15-16-26-22(18-9-3-1-4-10-18)17-30-23(26)25-19-11-5-2-6-12-19/h1-14,17,24H,15-16H2/p+1. The van der Waals surface area contributed by atoms with E-state index in [2.05, 4.69) is 32.7 Å². The first-order chi connectivity index (χ1) is 14.7. The van der Waals surface area contributed by atoms with Gasteiger partial charge in [-0.25, -0.2) is 9.88 Å². The SMILES string of the molecule is O=[N+]([O-])c1ccccc1NCC[n+]1c(-c2ccccc2)csc1Nc1ccccc1. The van der Waals surface area contributed by atoms with Crippen LogP contribution in [0.4, 0.5) is 22.2 Å². The minimum Gasteiger partial charge on any atom is -0.376 e. The Morgan fingerprint density at radius 1 is 0.900 bits per heavy atom. The van der Waals surface area contributed by atoms with Crippen molar-refractivity contribution in [3.8, 4) is 11.3 Å². The molecule has 7 heteroatoms. The Labute approximate surface area is 178 Å². The van der Waals surface area contributed by atoms with E-state index in [1.54, 1.807) is 29.5 Å². The van der Waals surface area contributed by atoms with Crippen molar-refractivity contribution < 1.29 is 9.49 Å². The van der Waals surface area contributed by atoms with Gasteiger partial charge in [-0.05, 0) is 18.2 Å². The molecule has 6 nitrogen and oxygen atoms in total. The van der Waals surface area contributed by atoms with Gasteiger partial charge in [-0.2, -0.15) is 0 Å². The number of thiazole rings is 1. The molecule has 0 saturated heterocycles. The average molecular weight is 418 g/mol. The lowest BCUT2D eigenvalue weighted by atomic mass is 10.2. The molecule has 1 aromatic heterocycles. The highest BCUT2D eigenvalue weighted by molar-refractivity contribution is 7.13. The average Bonchev–Trinajstić information content (AvgIpc) is 3.17. The van der Waals surface area contributed by atoms with Crippen LogP contribution in [0, 0.1) is 10.1 Å². The molecule has 4 aromatic rings. The highest BCUT2D eigenvalue weighted by Gasteiger charge is 2.20. The van der Waals surface area contributed by atoms with Gasteiger partial charge in [0, 0.05) is 17.0 Å². The van der Waals surface area contributed by atoms with Crippen molar-refractivity contribution >= 4 is 33.5 Å². The van der Waals surface area contributed by atoms with Crippen molar-refractivity contribution in [3.05, 3.63) is 100 Å². The zero-order valence-electron chi connectivity index (χ0n) is 16.2. The lowest BCUT2D eigenvalue weighted by molar-refractivity contribution is -0.665. The summed E-state index contributed by atoms with van der Waals surface area (Å²) in [7, 11) is 0. The molecule has 2 N–H and O–H groups in total. The summed E-state index contributed by atoms with van der Waals surface area (Å²) in [6, 6.07) is 26.9. The summed E-state index contributed by atoms with van der Waals surface area (Å²) < 4.78 is 2.20. The van der Waals surface area contributed by atoms with Crippen LogP contribution in [0.2, 0.25) is 0 Å². The van der Waals surface area contributed by atoms with Crippen molar-refractivity contribution in [1.29, 1.82) is 0 Å². The molecule has 0 bridgehead atoms. The Bertz CT molecular complexity index is 1130. The van der Waals surface area contributed by atoms with Crippen molar-refractivity contribution in [2.45, 2.75) is 6.54 Å². The Hall–Kier alpha value is -3.71. The number of aromatic nitrogens is 1. The van der Waals surface area contributed by atoms with Crippen molar-refractivity contribution in [2.75, 3.05) is 17.2 Å². The van der Waals surface area contributed by atoms with Gasteiger partial charge in [0.15, 0.2) is 0 Å². The fourth-order valence-electron chi connectivity index (χ4n) is 3.23. The number of nitrogens with zero attached hydrogens (tertiary/aromatic N) is 2. The van der Waals surface area contributed by atoms with Gasteiger partial charge >= 0.3 is 5.13 Å². The molecule has 30 heavy (non-hydrogen) atoms. The van der Waals surface area contributed by atoms with Gasteiger partial charge in [-0.1, -0.05) is 72.0 Å². The molecular weight excluding hydrogens is 396 g/mol. The van der Waals surface area contributed by atoms with E-state index in [0.717, 1.165) is 22.1 Å². The Morgan fingerprint density at radius 2 is 1.57 bits per heavy atom. The fraction of sp³-hybridized carbons (Fsp3) is 0.0870. The number of nitrogens with one attached hydrogen (secondary N) is 2. The number of nitro benzene ring substituents is 1. The zero-order chi connectivity index (χ0) is 20.8. The first kappa shape index (κ1) is 19.6. The van der Waals surface area contributed by atoms with E-state index in [9.17, 15) is 10.1 Å². The van der Waals surface area contributed by atoms with E-state index in [-0.39, 0.29) is 10.6 Å². The molecule has 0 aliphatic heterocycles. The molecule has 4 rings (SSSR count). The summed E-state index contributed by atoms with van der Waals surface area (Å²) in [4.78, 5) is 10.9. The number of anilines is 3. The quantitative estimate of drug-likeness (QED) is 0.227. The van der Waals surface area contributed by atoms with Gasteiger partial charge in [0.05, 0.1) is 11.5 Å². The Balaban J connectivity index is 1.59. The lowest BCUT2D eigenvalue weighted by Crippen LogP contribution is -2.39. The summed E-state index contributed by atoms with van der Waals surface area (Å²) in [6.45, 7) is 1.20. The number of benzene rings is 3. The van der Waals surface area contributed by atoms with Gasteiger partial charge in [0.2, 0.25) is 0 Å². The van der Waals surface area contributed by atoms with Crippen LogP contribution in [0.5, 0.6) is 0 Å². The van der Waals surface area contributed by atoms with E-state index in [1.807, 2.05) is 48.5 Å². The van der Waals surface area contributed by atoms with E-state index in [1.165, 1.54) is 6.07 Å². The van der Waals surface area contributed by atoms with Crippen LogP contribution in [0.15, 0.2) is 90.3 Å². The Morgan fingerprint density at radius 3 is 2.30 bits per heavy atom. The summed E-state index contributed by atoms with van der Waals surface area (Å²) >= 11 is 1.64. The second kappa shape index (κ2) is 9.19. The summed E-state index contributed by atoms with van der Waals surface area (Å²) in [5, 5.41) is 21.1. The summed E-state index contributed by atoms with van der Waals surface area (Å²) in [5.41, 5.74) is 3.85. The third-order valence-electron chi connectivity index (χ3n) is 4.66. The minimum atomic E-state index is -0.363. The van der Waals surface area contributed by atoms with E-state index >= 15 is 0 Å². The number of hydrogen-bond donors (Lipinski definition) is 2. The van der Waals surface area contributed by atoms with Gasteiger partial charge in [-0.15, -0.1) is 0 Å². The van der Waals surface area contributed by atoms with Crippen LogP contribution in [-0.2, 0) is 6.54 Å². The first-order valence-corrected chi connectivity index (χ1v) is 10.5. The summed E-state index contributed by atoms with van der Waals surface area (Å²) in [6.07, 6.45) is 0. The third kappa shape index (κ3) is 4.47. The van der Waals surface area contributed by atoms with E-state index < -0.39 is 0 Å². The molecule has 0 saturated carbocycles. The molecular formula is C23H21N4O2S+. The van der Waals surface area contributed by atoms with Crippen molar-refractivity contribution in [2.24, 2.45) is 0 Å². The molecule has 0 atom stereocenters.